The summed E-state index contributed by atoms with van der Waals surface area (Å²) in [5.74, 6) is 0. The number of hydrogen-bond donors (Lipinski definition) is 2. The second-order valence-electron chi connectivity index (χ2n) is 6.75. The molecule has 2 N–H and O–H groups in total. The normalized spacial score (nSPS) is 33.3. The van der Waals surface area contributed by atoms with Crippen LogP contribution in [0, 0.1) is 0 Å². The van der Waals surface area contributed by atoms with Crippen molar-refractivity contribution in [1.82, 2.24) is 10.2 Å². The lowest BCUT2D eigenvalue weighted by Crippen LogP contribution is -2.51. The molecule has 2 aliphatic rings. The van der Waals surface area contributed by atoms with Gasteiger partial charge in [-0.15, -0.1) is 0 Å². The molecule has 3 nitrogen and oxygen atoms in total. The summed E-state index contributed by atoms with van der Waals surface area (Å²) in [6.07, 6.45) is 7.65. The van der Waals surface area contributed by atoms with E-state index in [0.717, 1.165) is 13.0 Å². The molecule has 1 aliphatic carbocycles. The second kappa shape index (κ2) is 5.89. The minimum absolute atomic E-state index is 0.0853. The third-order valence-electron chi connectivity index (χ3n) is 4.78. The molecule has 2 fully saturated rings. The van der Waals surface area contributed by atoms with E-state index in [9.17, 15) is 5.11 Å². The Kier molecular flexibility index (Phi) is 4.68. The van der Waals surface area contributed by atoms with Crippen LogP contribution in [0.15, 0.2) is 0 Å². The number of likely N-dealkylation sites (tertiary alicyclic amines) is 1. The van der Waals surface area contributed by atoms with E-state index in [0.29, 0.717) is 18.1 Å². The molecule has 3 unspecified atom stereocenters. The zero-order valence-corrected chi connectivity index (χ0v) is 12.3. The Morgan fingerprint density at radius 1 is 1.17 bits per heavy atom. The molecule has 0 radical (unpaired) electrons. The van der Waals surface area contributed by atoms with E-state index in [1.165, 1.54) is 32.1 Å². The SMILES string of the molecule is CC1CCCC(C)N1CCC(C)(CO)NC1CC1. The maximum atomic E-state index is 9.64. The quantitative estimate of drug-likeness (QED) is 0.762. The first kappa shape index (κ1) is 14.3. The van der Waals surface area contributed by atoms with Crippen molar-refractivity contribution in [3.8, 4) is 0 Å². The van der Waals surface area contributed by atoms with Crippen LogP contribution in [0.2, 0.25) is 0 Å². The van der Waals surface area contributed by atoms with Gasteiger partial charge in [0, 0.05) is 30.2 Å². The van der Waals surface area contributed by atoms with Gasteiger partial charge in [-0.2, -0.15) is 0 Å². The average molecular weight is 254 g/mol. The van der Waals surface area contributed by atoms with Crippen molar-refractivity contribution >= 4 is 0 Å². The lowest BCUT2D eigenvalue weighted by Gasteiger charge is -2.41. The highest BCUT2D eigenvalue weighted by molar-refractivity contribution is 4.93. The van der Waals surface area contributed by atoms with Crippen LogP contribution < -0.4 is 5.32 Å². The van der Waals surface area contributed by atoms with Gasteiger partial charge >= 0.3 is 0 Å². The largest absolute Gasteiger partial charge is 0.394 e. The highest BCUT2D eigenvalue weighted by Gasteiger charge is 2.33. The van der Waals surface area contributed by atoms with Crippen LogP contribution >= 0.6 is 0 Å². The van der Waals surface area contributed by atoms with E-state index < -0.39 is 0 Å². The zero-order valence-electron chi connectivity index (χ0n) is 12.3. The van der Waals surface area contributed by atoms with Gasteiger partial charge in [-0.1, -0.05) is 6.42 Å². The van der Waals surface area contributed by atoms with Gasteiger partial charge in [0.15, 0.2) is 0 Å². The molecule has 18 heavy (non-hydrogen) atoms. The molecule has 1 saturated carbocycles. The van der Waals surface area contributed by atoms with Crippen LogP contribution in [-0.4, -0.2) is 46.8 Å². The van der Waals surface area contributed by atoms with E-state index in [2.05, 4.69) is 31.0 Å². The zero-order chi connectivity index (χ0) is 13.2. The first-order valence-electron chi connectivity index (χ1n) is 7.68. The maximum absolute atomic E-state index is 9.64. The van der Waals surface area contributed by atoms with Gasteiger partial charge in [0.2, 0.25) is 0 Å². The van der Waals surface area contributed by atoms with Gasteiger partial charge in [0.05, 0.1) is 6.61 Å². The smallest absolute Gasteiger partial charge is 0.0611 e. The average Bonchev–Trinajstić information content (AvgIpc) is 3.12. The van der Waals surface area contributed by atoms with E-state index in [4.69, 9.17) is 0 Å². The molecule has 1 saturated heterocycles. The molecule has 3 heteroatoms. The van der Waals surface area contributed by atoms with E-state index >= 15 is 0 Å². The van der Waals surface area contributed by atoms with Crippen molar-refractivity contribution in [2.24, 2.45) is 0 Å². The van der Waals surface area contributed by atoms with Crippen LogP contribution in [0.3, 0.4) is 0 Å². The third-order valence-corrected chi connectivity index (χ3v) is 4.78. The Morgan fingerprint density at radius 2 is 1.78 bits per heavy atom. The van der Waals surface area contributed by atoms with Gasteiger partial charge in [-0.3, -0.25) is 4.90 Å². The fourth-order valence-electron chi connectivity index (χ4n) is 3.21. The predicted molar refractivity (Wildman–Crippen MR) is 75.7 cm³/mol. The molecule has 2 rings (SSSR count). The Labute approximate surface area is 112 Å². The number of hydrogen-bond acceptors (Lipinski definition) is 3. The topological polar surface area (TPSA) is 35.5 Å². The summed E-state index contributed by atoms with van der Waals surface area (Å²) >= 11 is 0. The first-order chi connectivity index (χ1) is 8.54. The van der Waals surface area contributed by atoms with Gasteiger partial charge in [-0.05, 0) is 52.9 Å². The van der Waals surface area contributed by atoms with Crippen LogP contribution in [0.4, 0.5) is 0 Å². The van der Waals surface area contributed by atoms with Crippen molar-refractivity contribution in [1.29, 1.82) is 0 Å². The van der Waals surface area contributed by atoms with Crippen molar-refractivity contribution in [3.05, 3.63) is 0 Å². The second-order valence-corrected chi connectivity index (χ2v) is 6.75. The molecular formula is C15H30N2O. The van der Waals surface area contributed by atoms with Crippen molar-refractivity contribution < 1.29 is 5.11 Å². The van der Waals surface area contributed by atoms with E-state index in [1.807, 2.05) is 0 Å². The maximum Gasteiger partial charge on any atom is 0.0611 e. The molecule has 0 amide bonds. The van der Waals surface area contributed by atoms with Gasteiger partial charge in [0.1, 0.15) is 0 Å². The molecule has 0 aromatic heterocycles. The Hall–Kier alpha value is -0.120. The lowest BCUT2D eigenvalue weighted by molar-refractivity contribution is 0.0777. The Morgan fingerprint density at radius 3 is 2.28 bits per heavy atom. The lowest BCUT2D eigenvalue weighted by atomic mass is 9.93. The number of nitrogens with zero attached hydrogens (tertiary/aromatic N) is 1. The van der Waals surface area contributed by atoms with Crippen LogP contribution in [0.1, 0.15) is 59.3 Å². The molecule has 1 aliphatic heterocycles. The van der Waals surface area contributed by atoms with Gasteiger partial charge < -0.3 is 10.4 Å². The Balaban J connectivity index is 1.83. The van der Waals surface area contributed by atoms with Gasteiger partial charge in [0.25, 0.3) is 0 Å². The van der Waals surface area contributed by atoms with Crippen molar-refractivity contribution in [3.63, 3.8) is 0 Å². The van der Waals surface area contributed by atoms with E-state index in [-0.39, 0.29) is 12.1 Å². The summed E-state index contributed by atoms with van der Waals surface area (Å²) < 4.78 is 0. The Bertz CT molecular complexity index is 257. The summed E-state index contributed by atoms with van der Waals surface area (Å²) in [5, 5.41) is 13.3. The monoisotopic (exact) mass is 254 g/mol. The summed E-state index contributed by atoms with van der Waals surface area (Å²) in [6.45, 7) is 8.23. The van der Waals surface area contributed by atoms with Crippen LogP contribution in [0.25, 0.3) is 0 Å². The molecule has 0 aromatic rings. The molecule has 3 atom stereocenters. The molecule has 0 aromatic carbocycles. The molecule has 0 spiro atoms. The van der Waals surface area contributed by atoms with E-state index in [1.54, 1.807) is 0 Å². The summed E-state index contributed by atoms with van der Waals surface area (Å²) in [4.78, 5) is 2.63. The third kappa shape index (κ3) is 3.69. The number of piperidine rings is 1. The molecule has 1 heterocycles. The number of aliphatic hydroxyl groups is 1. The summed E-state index contributed by atoms with van der Waals surface area (Å²) in [7, 11) is 0. The minimum Gasteiger partial charge on any atom is -0.394 e. The molecule has 106 valence electrons. The number of nitrogens with one attached hydrogen (secondary N) is 1. The van der Waals surface area contributed by atoms with Crippen LogP contribution in [-0.2, 0) is 0 Å². The fourth-order valence-corrected chi connectivity index (χ4v) is 3.21. The van der Waals surface area contributed by atoms with Gasteiger partial charge in [-0.25, -0.2) is 0 Å². The van der Waals surface area contributed by atoms with Crippen molar-refractivity contribution in [2.45, 2.75) is 83.0 Å². The number of rotatable bonds is 6. The standard InChI is InChI=1S/C15H30N2O/c1-12-5-4-6-13(2)17(12)10-9-15(3,11-18)16-14-7-8-14/h12-14,16,18H,4-11H2,1-3H3. The first-order valence-corrected chi connectivity index (χ1v) is 7.68. The molecular weight excluding hydrogens is 224 g/mol. The summed E-state index contributed by atoms with van der Waals surface area (Å²) in [5.41, 5.74) is -0.0853. The summed E-state index contributed by atoms with van der Waals surface area (Å²) in [6, 6.07) is 2.08. The predicted octanol–water partition coefficient (Wildman–Crippen LogP) is 2.14. The number of aliphatic hydroxyl groups excluding tert-OH is 1. The molecule has 0 bridgehead atoms. The van der Waals surface area contributed by atoms with Crippen LogP contribution in [0.5, 0.6) is 0 Å². The fraction of sp³-hybridized carbons (Fsp3) is 1.00. The highest BCUT2D eigenvalue weighted by atomic mass is 16.3. The minimum atomic E-state index is -0.0853. The van der Waals surface area contributed by atoms with Crippen molar-refractivity contribution in [2.75, 3.05) is 13.2 Å². The highest BCUT2D eigenvalue weighted by Crippen LogP contribution is 2.26.